The fourth-order valence-electron chi connectivity index (χ4n) is 2.28. The molecule has 0 fully saturated rings. The molecular weight excluding hydrogens is 324 g/mol. The highest BCUT2D eigenvalue weighted by molar-refractivity contribution is 6.01. The zero-order chi connectivity index (χ0) is 17.8. The molecule has 2 aromatic carbocycles. The van der Waals surface area contributed by atoms with Crippen molar-refractivity contribution in [3.8, 4) is 5.75 Å². The van der Waals surface area contributed by atoms with E-state index in [4.69, 9.17) is 15.6 Å². The molecule has 8 nitrogen and oxygen atoms in total. The van der Waals surface area contributed by atoms with Crippen molar-refractivity contribution in [1.82, 2.24) is 10.2 Å². The van der Waals surface area contributed by atoms with E-state index < -0.39 is 5.97 Å². The zero-order valence-electron chi connectivity index (χ0n) is 13.0. The van der Waals surface area contributed by atoms with Gasteiger partial charge in [0.15, 0.2) is 6.61 Å². The highest BCUT2D eigenvalue weighted by Gasteiger charge is 2.14. The second-order valence-corrected chi connectivity index (χ2v) is 5.17. The summed E-state index contributed by atoms with van der Waals surface area (Å²) in [6.07, 6.45) is 1.25. The lowest BCUT2D eigenvalue weighted by atomic mass is 10.1. The Hall–Kier alpha value is -3.68. The fraction of sp³-hybridized carbons (Fsp3) is 0.0588. The smallest absolute Gasteiger partial charge is 0.338 e. The van der Waals surface area contributed by atoms with E-state index in [2.05, 4.69) is 15.5 Å². The maximum absolute atomic E-state index is 10.9. The van der Waals surface area contributed by atoms with Gasteiger partial charge in [0.1, 0.15) is 5.75 Å². The minimum atomic E-state index is -0.980. The van der Waals surface area contributed by atoms with Gasteiger partial charge in [-0.1, -0.05) is 18.2 Å². The first kappa shape index (κ1) is 16.2. The third-order valence-corrected chi connectivity index (χ3v) is 3.41. The molecule has 0 unspecified atom stereocenters. The molecule has 0 spiro atoms. The molecule has 126 valence electrons. The van der Waals surface area contributed by atoms with Crippen molar-refractivity contribution < 1.29 is 19.4 Å². The number of nitrogens with zero attached hydrogens (tertiary/aromatic N) is 2. The number of aromatic nitrogens is 2. The number of fused-ring (bicyclic) bond motifs is 2. The van der Waals surface area contributed by atoms with E-state index >= 15 is 0 Å². The van der Waals surface area contributed by atoms with Crippen molar-refractivity contribution >= 4 is 34.2 Å². The molecule has 8 heteroatoms. The number of carboxylic acid groups (broad SMARTS) is 1. The van der Waals surface area contributed by atoms with Crippen molar-refractivity contribution in [2.24, 2.45) is 0 Å². The summed E-state index contributed by atoms with van der Waals surface area (Å²) in [6, 6.07) is 12.2. The standard InChI is InChI=1S/C9H6N2O2.C8H8N2O2/c12-9(13)7-5-10-11-8-4-2-1-3-6(7)8;9-5-1-2-7-6(3-5)10-8(11)4-12-7/h1-5H,(H,12,13);1-3H,4,9H2,(H,10,11). The molecule has 4 rings (SSSR count). The third kappa shape index (κ3) is 3.63. The number of hydrogen-bond acceptors (Lipinski definition) is 6. The maximum atomic E-state index is 10.9. The van der Waals surface area contributed by atoms with E-state index in [1.165, 1.54) is 6.20 Å². The second kappa shape index (κ2) is 6.83. The molecule has 0 radical (unpaired) electrons. The van der Waals surface area contributed by atoms with Gasteiger partial charge >= 0.3 is 5.97 Å². The van der Waals surface area contributed by atoms with Crippen molar-refractivity contribution in [3.05, 3.63) is 54.2 Å². The summed E-state index contributed by atoms with van der Waals surface area (Å²) in [4.78, 5) is 21.6. The van der Waals surface area contributed by atoms with Gasteiger partial charge < -0.3 is 20.9 Å². The first-order chi connectivity index (χ1) is 12.0. The number of rotatable bonds is 1. The number of ether oxygens (including phenoxy) is 1. The van der Waals surface area contributed by atoms with Gasteiger partial charge in [-0.25, -0.2) is 4.79 Å². The van der Waals surface area contributed by atoms with Crippen LogP contribution in [0.4, 0.5) is 11.4 Å². The topological polar surface area (TPSA) is 127 Å². The van der Waals surface area contributed by atoms with Crippen LogP contribution in [0, 0.1) is 0 Å². The number of benzene rings is 2. The first-order valence-corrected chi connectivity index (χ1v) is 7.30. The van der Waals surface area contributed by atoms with Crippen LogP contribution in [-0.2, 0) is 4.79 Å². The summed E-state index contributed by atoms with van der Waals surface area (Å²) in [7, 11) is 0. The number of carbonyl (C=O) groups is 2. The van der Waals surface area contributed by atoms with E-state index in [1.54, 1.807) is 42.5 Å². The molecule has 25 heavy (non-hydrogen) atoms. The highest BCUT2D eigenvalue weighted by atomic mass is 16.5. The predicted octanol–water partition coefficient (Wildman–Crippen LogP) is 1.93. The van der Waals surface area contributed by atoms with Crippen LogP contribution in [0.5, 0.6) is 5.75 Å². The van der Waals surface area contributed by atoms with E-state index in [0.29, 0.717) is 28.0 Å². The first-order valence-electron chi connectivity index (χ1n) is 7.30. The third-order valence-electron chi connectivity index (χ3n) is 3.41. The van der Waals surface area contributed by atoms with Crippen molar-refractivity contribution in [3.63, 3.8) is 0 Å². The lowest BCUT2D eigenvalue weighted by Crippen LogP contribution is -2.25. The molecule has 0 saturated heterocycles. The Balaban J connectivity index is 0.000000146. The molecule has 1 aromatic heterocycles. The Bertz CT molecular complexity index is 953. The number of carboxylic acids is 1. The van der Waals surface area contributed by atoms with E-state index in [0.717, 1.165) is 0 Å². The molecule has 0 aliphatic carbocycles. The summed E-state index contributed by atoms with van der Waals surface area (Å²) in [5, 5.41) is 19.5. The SMILES string of the molecule is Nc1ccc2c(c1)NC(=O)CO2.O=C(O)c1cnnc2ccccc12. The molecule has 2 heterocycles. The van der Waals surface area contributed by atoms with Gasteiger partial charge in [0.25, 0.3) is 5.91 Å². The highest BCUT2D eigenvalue weighted by Crippen LogP contribution is 2.28. The lowest BCUT2D eigenvalue weighted by molar-refractivity contribution is -0.118. The van der Waals surface area contributed by atoms with Crippen molar-refractivity contribution in [2.75, 3.05) is 17.7 Å². The number of nitrogens with two attached hydrogens (primary N) is 1. The monoisotopic (exact) mass is 338 g/mol. The average molecular weight is 338 g/mol. The number of hydrogen-bond donors (Lipinski definition) is 3. The van der Waals surface area contributed by atoms with Gasteiger partial charge in [-0.05, 0) is 24.3 Å². The van der Waals surface area contributed by atoms with E-state index in [1.807, 2.05) is 0 Å². The molecule has 0 bridgehead atoms. The van der Waals surface area contributed by atoms with Gasteiger partial charge in [-0.2, -0.15) is 10.2 Å². The summed E-state index contributed by atoms with van der Waals surface area (Å²) in [5.74, 6) is -0.456. The van der Waals surface area contributed by atoms with Crippen LogP contribution in [0.15, 0.2) is 48.7 Å². The molecule has 4 N–H and O–H groups in total. The number of carbonyl (C=O) groups excluding carboxylic acids is 1. The number of anilines is 2. The molecule has 1 aliphatic heterocycles. The van der Waals surface area contributed by atoms with E-state index in [-0.39, 0.29) is 18.1 Å². The van der Waals surface area contributed by atoms with Gasteiger partial charge in [0.2, 0.25) is 0 Å². The maximum Gasteiger partial charge on any atom is 0.338 e. The van der Waals surface area contributed by atoms with Crippen LogP contribution in [0.25, 0.3) is 10.9 Å². The van der Waals surface area contributed by atoms with Gasteiger partial charge in [0.05, 0.1) is 23.0 Å². The minimum absolute atomic E-state index is 0.0803. The largest absolute Gasteiger partial charge is 0.482 e. The number of nitrogen functional groups attached to an aromatic ring is 1. The molecule has 1 amide bonds. The number of nitrogens with one attached hydrogen (secondary N) is 1. The Morgan fingerprint density at radius 2 is 2.04 bits per heavy atom. The predicted molar refractivity (Wildman–Crippen MR) is 91.5 cm³/mol. The van der Waals surface area contributed by atoms with Gasteiger partial charge in [-0.15, -0.1) is 0 Å². The van der Waals surface area contributed by atoms with Gasteiger partial charge in [-0.3, -0.25) is 4.79 Å². The Labute approximate surface area is 142 Å². The summed E-state index contributed by atoms with van der Waals surface area (Å²) >= 11 is 0. The normalized spacial score (nSPS) is 12.2. The van der Waals surface area contributed by atoms with Crippen molar-refractivity contribution in [2.45, 2.75) is 0 Å². The summed E-state index contributed by atoms with van der Waals surface area (Å²) < 4.78 is 5.12. The van der Waals surface area contributed by atoms with Crippen LogP contribution in [0.2, 0.25) is 0 Å². The number of aromatic carboxylic acids is 1. The van der Waals surface area contributed by atoms with E-state index in [9.17, 15) is 9.59 Å². The Morgan fingerprint density at radius 1 is 1.24 bits per heavy atom. The van der Waals surface area contributed by atoms with Crippen LogP contribution in [0.3, 0.4) is 0 Å². The average Bonchev–Trinajstić information content (AvgIpc) is 2.61. The summed E-state index contributed by atoms with van der Waals surface area (Å²) in [5.41, 5.74) is 7.56. The lowest BCUT2D eigenvalue weighted by Gasteiger charge is -2.17. The Kier molecular flexibility index (Phi) is 4.42. The summed E-state index contributed by atoms with van der Waals surface area (Å²) in [6.45, 7) is 0.0803. The van der Waals surface area contributed by atoms with Crippen LogP contribution < -0.4 is 15.8 Å². The number of amides is 1. The van der Waals surface area contributed by atoms with Crippen LogP contribution in [-0.4, -0.2) is 33.8 Å². The van der Waals surface area contributed by atoms with Gasteiger partial charge in [0, 0.05) is 11.1 Å². The minimum Gasteiger partial charge on any atom is -0.482 e. The second-order valence-electron chi connectivity index (χ2n) is 5.17. The quantitative estimate of drug-likeness (QED) is 0.578. The van der Waals surface area contributed by atoms with Crippen LogP contribution in [0.1, 0.15) is 10.4 Å². The molecule has 0 atom stereocenters. The molecule has 0 saturated carbocycles. The fourth-order valence-corrected chi connectivity index (χ4v) is 2.28. The Morgan fingerprint density at radius 3 is 2.84 bits per heavy atom. The molecule has 1 aliphatic rings. The van der Waals surface area contributed by atoms with Crippen LogP contribution >= 0.6 is 0 Å². The molecular formula is C17H14N4O4. The molecule has 3 aromatic rings. The van der Waals surface area contributed by atoms with Crippen molar-refractivity contribution in [1.29, 1.82) is 0 Å². The zero-order valence-corrected chi connectivity index (χ0v) is 13.0.